The molecule has 0 saturated heterocycles. The first-order chi connectivity index (χ1) is 4.33. The molecule has 0 saturated carbocycles. The Morgan fingerprint density at radius 2 is 2.44 bits per heavy atom. The van der Waals surface area contributed by atoms with E-state index in [4.69, 9.17) is 9.47 Å². The molecule has 0 aromatic rings. The van der Waals surface area contributed by atoms with Gasteiger partial charge in [0.05, 0.1) is 13.4 Å². The van der Waals surface area contributed by atoms with Crippen molar-refractivity contribution in [2.75, 3.05) is 7.11 Å². The number of methoxy groups -OCH3 is 1. The molecule has 0 fully saturated rings. The molecule has 0 N–H and O–H groups in total. The molecule has 0 unspecified atom stereocenters. The fourth-order valence-corrected chi connectivity index (χ4v) is 0.556. The van der Waals surface area contributed by atoms with Gasteiger partial charge in [-0.05, 0) is 0 Å². The van der Waals surface area contributed by atoms with Gasteiger partial charge in [0.1, 0.15) is 11.5 Å². The van der Waals surface area contributed by atoms with Gasteiger partial charge in [-0.15, -0.1) is 0 Å². The molecule has 48 valence electrons. The predicted molar refractivity (Wildman–Crippen MR) is 34.5 cm³/mol. The van der Waals surface area contributed by atoms with E-state index >= 15 is 0 Å². The Morgan fingerprint density at radius 3 is 2.89 bits per heavy atom. The van der Waals surface area contributed by atoms with Crippen LogP contribution in [0, 0.1) is 0 Å². The lowest BCUT2D eigenvalue weighted by molar-refractivity contribution is 0.285. The molecule has 1 aliphatic heterocycles. The Balaban J connectivity index is 2.70. The third-order valence-electron chi connectivity index (χ3n) is 0.991. The fourth-order valence-electron chi connectivity index (χ4n) is 0.556. The summed E-state index contributed by atoms with van der Waals surface area (Å²) in [5, 5.41) is 0. The fraction of sp³-hybridized carbons (Fsp3) is 0.143. The van der Waals surface area contributed by atoms with Crippen LogP contribution in [0.2, 0.25) is 0 Å². The van der Waals surface area contributed by atoms with Crippen molar-refractivity contribution in [2.24, 2.45) is 0 Å². The van der Waals surface area contributed by atoms with Gasteiger partial charge in [0.25, 0.3) is 0 Å². The zero-order valence-electron chi connectivity index (χ0n) is 5.26. The van der Waals surface area contributed by atoms with Crippen molar-refractivity contribution < 1.29 is 9.47 Å². The Morgan fingerprint density at radius 1 is 1.67 bits per heavy atom. The second-order valence-electron chi connectivity index (χ2n) is 1.64. The molecular weight excluding hydrogens is 116 g/mol. The minimum absolute atomic E-state index is 0.606. The molecule has 0 aliphatic carbocycles. The van der Waals surface area contributed by atoms with Gasteiger partial charge in [0, 0.05) is 12.2 Å². The van der Waals surface area contributed by atoms with E-state index in [-0.39, 0.29) is 0 Å². The van der Waals surface area contributed by atoms with E-state index in [1.165, 1.54) is 0 Å². The highest BCUT2D eigenvalue weighted by molar-refractivity contribution is 5.24. The third-order valence-corrected chi connectivity index (χ3v) is 0.991. The van der Waals surface area contributed by atoms with E-state index in [0.29, 0.717) is 5.76 Å². The first-order valence-corrected chi connectivity index (χ1v) is 2.61. The zero-order chi connectivity index (χ0) is 6.69. The van der Waals surface area contributed by atoms with E-state index < -0.39 is 0 Å². The van der Waals surface area contributed by atoms with Crippen molar-refractivity contribution in [1.82, 2.24) is 0 Å². The zero-order valence-corrected chi connectivity index (χ0v) is 5.26. The van der Waals surface area contributed by atoms with Crippen LogP contribution in [-0.4, -0.2) is 7.11 Å². The molecule has 1 rings (SSSR count). The summed E-state index contributed by atoms with van der Waals surface area (Å²) in [5.41, 5.74) is 0. The molecule has 0 radical (unpaired) electrons. The molecule has 1 heterocycles. The van der Waals surface area contributed by atoms with Crippen LogP contribution in [0.5, 0.6) is 0 Å². The summed E-state index contributed by atoms with van der Waals surface area (Å²) in [4.78, 5) is 0. The van der Waals surface area contributed by atoms with Crippen LogP contribution in [0.15, 0.2) is 36.5 Å². The number of rotatable bonds is 1. The van der Waals surface area contributed by atoms with Crippen LogP contribution in [0.1, 0.15) is 0 Å². The topological polar surface area (TPSA) is 18.5 Å². The summed E-state index contributed by atoms with van der Waals surface area (Å²) in [6.45, 7) is 3.58. The summed E-state index contributed by atoms with van der Waals surface area (Å²) < 4.78 is 9.77. The van der Waals surface area contributed by atoms with Gasteiger partial charge in [0.15, 0.2) is 0 Å². The van der Waals surface area contributed by atoms with Crippen LogP contribution >= 0.6 is 0 Å². The molecule has 0 aromatic heterocycles. The van der Waals surface area contributed by atoms with Crippen molar-refractivity contribution >= 4 is 0 Å². The average Bonchev–Trinajstić information content (AvgIpc) is 1.88. The number of allylic oxidation sites excluding steroid dienone is 2. The Hall–Kier alpha value is -1.18. The SMILES string of the molecule is C=C1C=C(OC)C=CO1. The largest absolute Gasteiger partial charge is 0.497 e. The maximum absolute atomic E-state index is 4.89. The van der Waals surface area contributed by atoms with E-state index in [0.717, 1.165) is 5.76 Å². The lowest BCUT2D eigenvalue weighted by Crippen LogP contribution is -1.90. The molecule has 0 bridgehead atoms. The maximum Gasteiger partial charge on any atom is 0.125 e. The maximum atomic E-state index is 4.89. The van der Waals surface area contributed by atoms with E-state index in [9.17, 15) is 0 Å². The average molecular weight is 124 g/mol. The van der Waals surface area contributed by atoms with Gasteiger partial charge >= 0.3 is 0 Å². The highest BCUT2D eigenvalue weighted by Gasteiger charge is 1.97. The Labute approximate surface area is 54.1 Å². The van der Waals surface area contributed by atoms with Gasteiger partial charge in [-0.25, -0.2) is 0 Å². The quantitative estimate of drug-likeness (QED) is 0.528. The van der Waals surface area contributed by atoms with Gasteiger partial charge in [0.2, 0.25) is 0 Å². The molecule has 0 amide bonds. The van der Waals surface area contributed by atoms with Crippen LogP contribution in [0.3, 0.4) is 0 Å². The highest BCUT2D eigenvalue weighted by atomic mass is 16.5. The van der Waals surface area contributed by atoms with Crippen LogP contribution in [0.25, 0.3) is 0 Å². The third kappa shape index (κ3) is 1.35. The minimum Gasteiger partial charge on any atom is -0.497 e. The predicted octanol–water partition coefficient (Wildman–Crippen LogP) is 1.57. The second-order valence-corrected chi connectivity index (χ2v) is 1.64. The summed E-state index contributed by atoms with van der Waals surface area (Å²) in [5.74, 6) is 1.38. The molecule has 2 nitrogen and oxygen atoms in total. The number of ether oxygens (including phenoxy) is 2. The van der Waals surface area contributed by atoms with Gasteiger partial charge in [-0.2, -0.15) is 0 Å². The normalized spacial score (nSPS) is 16.6. The van der Waals surface area contributed by atoms with Gasteiger partial charge in [-0.3, -0.25) is 0 Å². The lowest BCUT2D eigenvalue weighted by Gasteiger charge is -2.06. The molecule has 9 heavy (non-hydrogen) atoms. The summed E-state index contributed by atoms with van der Waals surface area (Å²) >= 11 is 0. The summed E-state index contributed by atoms with van der Waals surface area (Å²) in [6, 6.07) is 0. The molecular formula is C7H8O2. The van der Waals surface area contributed by atoms with Crippen LogP contribution in [0.4, 0.5) is 0 Å². The van der Waals surface area contributed by atoms with Gasteiger partial charge < -0.3 is 9.47 Å². The van der Waals surface area contributed by atoms with Crippen molar-refractivity contribution in [2.45, 2.75) is 0 Å². The van der Waals surface area contributed by atoms with Crippen LogP contribution in [-0.2, 0) is 9.47 Å². The van der Waals surface area contributed by atoms with Crippen molar-refractivity contribution in [3.63, 3.8) is 0 Å². The minimum atomic E-state index is 0.606. The van der Waals surface area contributed by atoms with E-state index in [2.05, 4.69) is 6.58 Å². The Bertz CT molecular complexity index is 177. The second kappa shape index (κ2) is 2.40. The number of hydrogen-bond donors (Lipinski definition) is 0. The standard InChI is InChI=1S/C7H8O2/c1-6-5-7(8-2)3-4-9-6/h3-5H,1H2,2H3. The van der Waals surface area contributed by atoms with E-state index in [1.54, 1.807) is 25.5 Å². The first kappa shape index (κ1) is 5.95. The number of hydrogen-bond acceptors (Lipinski definition) is 2. The molecule has 0 atom stereocenters. The van der Waals surface area contributed by atoms with Crippen molar-refractivity contribution in [3.05, 3.63) is 36.5 Å². The molecule has 0 spiro atoms. The summed E-state index contributed by atoms with van der Waals surface area (Å²) in [6.07, 6.45) is 5.00. The highest BCUT2D eigenvalue weighted by Crippen LogP contribution is 2.10. The first-order valence-electron chi connectivity index (χ1n) is 2.61. The lowest BCUT2D eigenvalue weighted by atomic mass is 10.3. The smallest absolute Gasteiger partial charge is 0.125 e. The summed E-state index contributed by atoms with van der Waals surface area (Å²) in [7, 11) is 1.61. The van der Waals surface area contributed by atoms with Gasteiger partial charge in [-0.1, -0.05) is 6.58 Å². The Kier molecular flexibility index (Phi) is 1.58. The van der Waals surface area contributed by atoms with Crippen molar-refractivity contribution in [3.8, 4) is 0 Å². The van der Waals surface area contributed by atoms with Crippen LogP contribution < -0.4 is 0 Å². The molecule has 1 aliphatic rings. The molecule has 2 heteroatoms. The van der Waals surface area contributed by atoms with Crippen molar-refractivity contribution in [1.29, 1.82) is 0 Å². The molecule has 0 aromatic carbocycles. The van der Waals surface area contributed by atoms with E-state index in [1.807, 2.05) is 0 Å². The monoisotopic (exact) mass is 124 g/mol.